The Balaban J connectivity index is 2.85. The van der Waals surface area contributed by atoms with Crippen molar-refractivity contribution < 1.29 is 0 Å². The molecule has 0 atom stereocenters. The lowest BCUT2D eigenvalue weighted by Gasteiger charge is -1.95. The van der Waals surface area contributed by atoms with Gasteiger partial charge in [-0.15, -0.1) is 0 Å². The fraction of sp³-hybridized carbons (Fsp3) is 0.500. The summed E-state index contributed by atoms with van der Waals surface area (Å²) >= 11 is 3.21. The van der Waals surface area contributed by atoms with E-state index >= 15 is 0 Å². The molecule has 0 aliphatic carbocycles. The summed E-state index contributed by atoms with van der Waals surface area (Å²) in [5.74, 6) is 0.517. The number of rotatable bonds is 1. The molecule has 0 aliphatic rings. The van der Waals surface area contributed by atoms with Gasteiger partial charge in [-0.1, -0.05) is 13.8 Å². The summed E-state index contributed by atoms with van der Waals surface area (Å²) in [7, 11) is 0. The van der Waals surface area contributed by atoms with Crippen LogP contribution in [0.5, 0.6) is 0 Å². The van der Waals surface area contributed by atoms with E-state index in [4.69, 9.17) is 0 Å². The molecule has 0 unspecified atom stereocenters. The highest BCUT2D eigenvalue weighted by Gasteiger charge is 2.00. The molecule has 0 amide bonds. The molecule has 0 aliphatic heterocycles. The molecule has 0 fully saturated rings. The summed E-state index contributed by atoms with van der Waals surface area (Å²) in [4.78, 5) is 0. The van der Waals surface area contributed by atoms with Crippen molar-refractivity contribution in [3.8, 4) is 0 Å². The summed E-state index contributed by atoms with van der Waals surface area (Å²) in [5, 5.41) is 4.14. The van der Waals surface area contributed by atoms with Gasteiger partial charge >= 0.3 is 0 Å². The third-order valence-electron chi connectivity index (χ3n) is 1.17. The quantitative estimate of drug-likeness (QED) is 0.661. The van der Waals surface area contributed by atoms with Gasteiger partial charge in [0.15, 0.2) is 0 Å². The van der Waals surface area contributed by atoms with Crippen LogP contribution >= 0.6 is 16.1 Å². The van der Waals surface area contributed by atoms with Gasteiger partial charge in [0.25, 0.3) is 0 Å². The third kappa shape index (κ3) is 1.55. The Labute approximate surface area is 63.2 Å². The predicted octanol–water partition coefficient (Wildman–Crippen LogP) is 2.16. The van der Waals surface area contributed by atoms with Gasteiger partial charge in [-0.25, -0.2) is 3.71 Å². The summed E-state index contributed by atoms with van der Waals surface area (Å²) in [6.07, 6.45) is 1.88. The van der Waals surface area contributed by atoms with Gasteiger partial charge in [-0.2, -0.15) is 5.10 Å². The van der Waals surface area contributed by atoms with Crippen molar-refractivity contribution in [3.63, 3.8) is 0 Å². The minimum absolute atomic E-state index is 0.517. The zero-order chi connectivity index (χ0) is 6.85. The average Bonchev–Trinajstić information content (AvgIpc) is 2.14. The smallest absolute Gasteiger partial charge is 0.0743 e. The van der Waals surface area contributed by atoms with Crippen molar-refractivity contribution in [3.05, 3.63) is 18.0 Å². The molecule has 1 aromatic rings. The van der Waals surface area contributed by atoms with E-state index in [0.717, 1.165) is 5.69 Å². The zero-order valence-electron chi connectivity index (χ0n) is 5.50. The van der Waals surface area contributed by atoms with Crippen molar-refractivity contribution in [2.24, 2.45) is 0 Å². The first-order valence-corrected chi connectivity index (χ1v) is 3.63. The Bertz CT molecular complexity index is 193. The van der Waals surface area contributed by atoms with Crippen LogP contribution in [0.1, 0.15) is 25.5 Å². The fourth-order valence-electron chi connectivity index (χ4n) is 0.623. The molecule has 2 nitrogen and oxygen atoms in total. The first-order chi connectivity index (χ1) is 4.20. The van der Waals surface area contributed by atoms with Crippen molar-refractivity contribution in [2.75, 3.05) is 0 Å². The highest BCUT2D eigenvalue weighted by Crippen LogP contribution is 2.10. The molecule has 50 valence electrons. The summed E-state index contributed by atoms with van der Waals surface area (Å²) in [6, 6.07) is 2.00. The first kappa shape index (κ1) is 6.81. The van der Waals surface area contributed by atoms with Crippen LogP contribution in [-0.4, -0.2) is 8.81 Å². The molecule has 1 aromatic heterocycles. The van der Waals surface area contributed by atoms with Crippen LogP contribution in [0.2, 0.25) is 0 Å². The Kier molecular flexibility index (Phi) is 1.90. The zero-order valence-corrected chi connectivity index (χ0v) is 7.09. The lowest BCUT2D eigenvalue weighted by Crippen LogP contribution is -1.88. The minimum Gasteiger partial charge on any atom is -0.205 e. The fourth-order valence-corrected chi connectivity index (χ4v) is 0.924. The maximum absolute atomic E-state index is 4.14. The maximum atomic E-state index is 4.14. The van der Waals surface area contributed by atoms with E-state index < -0.39 is 0 Å². The lowest BCUT2D eigenvalue weighted by molar-refractivity contribution is 0.802. The summed E-state index contributed by atoms with van der Waals surface area (Å²) in [5.41, 5.74) is 1.12. The van der Waals surface area contributed by atoms with Gasteiger partial charge in [0.05, 0.1) is 21.8 Å². The molecule has 0 saturated carbocycles. The van der Waals surface area contributed by atoms with Gasteiger partial charge < -0.3 is 0 Å². The number of hydrogen-bond donors (Lipinski definition) is 0. The molecule has 0 bridgehead atoms. The Hall–Kier alpha value is -0.310. The molecule has 0 saturated heterocycles. The molecule has 0 aromatic carbocycles. The average molecular weight is 189 g/mol. The van der Waals surface area contributed by atoms with Crippen molar-refractivity contribution >= 4 is 16.1 Å². The van der Waals surface area contributed by atoms with E-state index in [1.54, 1.807) is 3.71 Å². The SMILES string of the molecule is CC(C)c1ccn(Br)n1. The van der Waals surface area contributed by atoms with Crippen molar-refractivity contribution in [1.29, 1.82) is 0 Å². The number of hydrogen-bond acceptors (Lipinski definition) is 1. The number of aromatic nitrogens is 2. The molecular weight excluding hydrogens is 180 g/mol. The largest absolute Gasteiger partial charge is 0.205 e. The van der Waals surface area contributed by atoms with Gasteiger partial charge in [0.2, 0.25) is 0 Å². The monoisotopic (exact) mass is 188 g/mol. The van der Waals surface area contributed by atoms with E-state index in [9.17, 15) is 0 Å². The standard InChI is InChI=1S/C6H9BrN2/c1-5(2)6-3-4-9(7)8-6/h3-5H,1-2H3. The van der Waals surface area contributed by atoms with Crippen LogP contribution in [0.15, 0.2) is 12.3 Å². The second kappa shape index (κ2) is 2.52. The van der Waals surface area contributed by atoms with E-state index in [1.165, 1.54) is 0 Å². The van der Waals surface area contributed by atoms with Crippen LogP contribution in [0.3, 0.4) is 0 Å². The minimum atomic E-state index is 0.517. The van der Waals surface area contributed by atoms with Crippen LogP contribution in [0, 0.1) is 0 Å². The second-order valence-electron chi connectivity index (χ2n) is 2.28. The molecular formula is C6H9BrN2. The Morgan fingerprint density at radius 3 is 2.56 bits per heavy atom. The Morgan fingerprint density at radius 1 is 1.67 bits per heavy atom. The maximum Gasteiger partial charge on any atom is 0.0743 e. The number of halogens is 1. The summed E-state index contributed by atoms with van der Waals surface area (Å²) < 4.78 is 1.64. The number of nitrogens with zero attached hydrogens (tertiary/aromatic N) is 2. The van der Waals surface area contributed by atoms with Gasteiger partial charge in [-0.05, 0) is 12.0 Å². The van der Waals surface area contributed by atoms with Crippen LogP contribution in [-0.2, 0) is 0 Å². The van der Waals surface area contributed by atoms with Crippen LogP contribution in [0.25, 0.3) is 0 Å². The second-order valence-corrected chi connectivity index (χ2v) is 3.01. The highest BCUT2D eigenvalue weighted by molar-refractivity contribution is 9.08. The highest BCUT2D eigenvalue weighted by atomic mass is 79.9. The van der Waals surface area contributed by atoms with Gasteiger partial charge in [0.1, 0.15) is 0 Å². The normalized spacial score (nSPS) is 10.7. The lowest BCUT2D eigenvalue weighted by atomic mass is 10.1. The molecule has 0 spiro atoms. The molecule has 9 heavy (non-hydrogen) atoms. The molecule has 1 rings (SSSR count). The van der Waals surface area contributed by atoms with Crippen LogP contribution in [0.4, 0.5) is 0 Å². The van der Waals surface area contributed by atoms with E-state index in [-0.39, 0.29) is 0 Å². The molecule has 0 radical (unpaired) electrons. The molecule has 0 N–H and O–H groups in total. The van der Waals surface area contributed by atoms with Gasteiger partial charge in [-0.3, -0.25) is 0 Å². The predicted molar refractivity (Wildman–Crippen MR) is 40.6 cm³/mol. The third-order valence-corrected chi connectivity index (χ3v) is 1.57. The van der Waals surface area contributed by atoms with E-state index in [0.29, 0.717) is 5.92 Å². The first-order valence-electron chi connectivity index (χ1n) is 2.92. The molecule has 1 heterocycles. The van der Waals surface area contributed by atoms with E-state index in [2.05, 4.69) is 35.1 Å². The van der Waals surface area contributed by atoms with Gasteiger partial charge in [0, 0.05) is 6.20 Å². The topological polar surface area (TPSA) is 17.8 Å². The molecule has 3 heteroatoms. The van der Waals surface area contributed by atoms with Crippen molar-refractivity contribution in [2.45, 2.75) is 19.8 Å². The van der Waals surface area contributed by atoms with E-state index in [1.807, 2.05) is 12.3 Å². The summed E-state index contributed by atoms with van der Waals surface area (Å²) in [6.45, 7) is 4.24. The van der Waals surface area contributed by atoms with Crippen LogP contribution < -0.4 is 0 Å². The van der Waals surface area contributed by atoms with Crippen molar-refractivity contribution in [1.82, 2.24) is 8.81 Å². The Morgan fingerprint density at radius 2 is 2.33 bits per heavy atom.